The van der Waals surface area contributed by atoms with E-state index in [0.29, 0.717) is 25.7 Å². The van der Waals surface area contributed by atoms with Gasteiger partial charge in [0.05, 0.1) is 24.7 Å². The fraction of sp³-hybridized carbons (Fsp3) is 0.600. The summed E-state index contributed by atoms with van der Waals surface area (Å²) in [6.45, 7) is 6.88. The Kier molecular flexibility index (Phi) is 6.55. The van der Waals surface area contributed by atoms with E-state index in [1.54, 1.807) is 0 Å². The molecular weight excluding hydrogens is 416 g/mol. The van der Waals surface area contributed by atoms with Crippen LogP contribution in [0.15, 0.2) is 23.0 Å². The number of pyridine rings is 1. The average molecular weight is 451 g/mol. The molecule has 0 radical (unpaired) electrons. The van der Waals surface area contributed by atoms with Crippen LogP contribution < -0.4 is 5.56 Å². The summed E-state index contributed by atoms with van der Waals surface area (Å²) in [5, 5.41) is 13.7. The van der Waals surface area contributed by atoms with E-state index in [1.165, 1.54) is 24.8 Å². The lowest BCUT2D eigenvalue weighted by molar-refractivity contribution is 0.0893. The van der Waals surface area contributed by atoms with Gasteiger partial charge in [0.2, 0.25) is 0 Å². The van der Waals surface area contributed by atoms with E-state index in [0.717, 1.165) is 60.1 Å². The summed E-state index contributed by atoms with van der Waals surface area (Å²) in [6.07, 6.45) is 8.38. The molecule has 5 rings (SSSR count). The molecule has 1 aliphatic heterocycles. The molecule has 0 amide bonds. The lowest BCUT2D eigenvalue weighted by Crippen LogP contribution is -2.38. The number of tetrazole rings is 1. The van der Waals surface area contributed by atoms with Gasteiger partial charge in [-0.05, 0) is 67.2 Å². The third kappa shape index (κ3) is 4.87. The van der Waals surface area contributed by atoms with Crippen LogP contribution in [0.25, 0.3) is 10.9 Å². The van der Waals surface area contributed by atoms with Gasteiger partial charge < -0.3 is 9.72 Å². The maximum atomic E-state index is 13.1. The van der Waals surface area contributed by atoms with E-state index in [4.69, 9.17) is 4.74 Å². The highest BCUT2D eigenvalue weighted by Crippen LogP contribution is 2.26. The zero-order chi connectivity index (χ0) is 22.8. The smallest absolute Gasteiger partial charge is 0.252 e. The Labute approximate surface area is 194 Å². The number of aryl methyl sites for hydroxylation is 2. The molecule has 0 unspecified atom stereocenters. The molecule has 2 aromatic heterocycles. The Morgan fingerprint density at radius 1 is 1.09 bits per heavy atom. The molecular formula is C25H34N6O2. The maximum Gasteiger partial charge on any atom is 0.252 e. The summed E-state index contributed by atoms with van der Waals surface area (Å²) in [6, 6.07) is 6.70. The molecule has 176 valence electrons. The molecule has 3 heterocycles. The molecule has 2 aliphatic rings. The number of benzene rings is 1. The molecule has 1 N–H and O–H groups in total. The minimum Gasteiger partial charge on any atom is -0.376 e. The third-order valence-corrected chi connectivity index (χ3v) is 7.34. The van der Waals surface area contributed by atoms with Gasteiger partial charge in [0.15, 0.2) is 5.82 Å². The Morgan fingerprint density at radius 2 is 1.91 bits per heavy atom. The van der Waals surface area contributed by atoms with E-state index < -0.39 is 0 Å². The van der Waals surface area contributed by atoms with Gasteiger partial charge in [-0.15, -0.1) is 5.10 Å². The molecule has 8 heteroatoms. The number of nitrogens with zero attached hydrogens (tertiary/aromatic N) is 5. The number of hydrogen-bond acceptors (Lipinski definition) is 6. The topological polar surface area (TPSA) is 88.9 Å². The van der Waals surface area contributed by atoms with Crippen LogP contribution in [0.5, 0.6) is 0 Å². The van der Waals surface area contributed by atoms with E-state index in [-0.39, 0.29) is 11.7 Å². The number of fused-ring (bicyclic) bond motifs is 1. The third-order valence-electron chi connectivity index (χ3n) is 7.34. The summed E-state index contributed by atoms with van der Waals surface area (Å²) >= 11 is 0. The minimum atomic E-state index is -0.00374. The van der Waals surface area contributed by atoms with Gasteiger partial charge in [-0.25, -0.2) is 4.68 Å². The Morgan fingerprint density at radius 3 is 2.70 bits per heavy atom. The first-order chi connectivity index (χ1) is 16.1. The molecule has 1 atom stereocenters. The first-order valence-electron chi connectivity index (χ1n) is 12.3. The lowest BCUT2D eigenvalue weighted by atomic mass is 9.93. The second kappa shape index (κ2) is 9.73. The minimum absolute atomic E-state index is 0.00374. The van der Waals surface area contributed by atoms with Crippen molar-refractivity contribution in [1.82, 2.24) is 30.1 Å². The molecule has 0 spiro atoms. The SMILES string of the molecule is Cc1ccc(C)c2[nH]c(=O)c(CN(Cc3nnnn3C[C@@H]3CCCO3)C3CCCCC3)cc12. The number of ether oxygens (including phenoxy) is 1. The van der Waals surface area contributed by atoms with E-state index in [9.17, 15) is 4.79 Å². The van der Waals surface area contributed by atoms with E-state index >= 15 is 0 Å². The van der Waals surface area contributed by atoms with Gasteiger partial charge in [0, 0.05) is 30.1 Å². The summed E-state index contributed by atoms with van der Waals surface area (Å²) < 4.78 is 7.69. The Bertz CT molecular complexity index is 1160. The van der Waals surface area contributed by atoms with E-state index in [2.05, 4.69) is 50.5 Å². The summed E-state index contributed by atoms with van der Waals surface area (Å²) in [5.74, 6) is 0.848. The molecule has 1 saturated heterocycles. The summed E-state index contributed by atoms with van der Waals surface area (Å²) in [4.78, 5) is 18.6. The molecule has 1 saturated carbocycles. The van der Waals surface area contributed by atoms with Crippen molar-refractivity contribution in [1.29, 1.82) is 0 Å². The van der Waals surface area contributed by atoms with Crippen LogP contribution in [0.4, 0.5) is 0 Å². The van der Waals surface area contributed by atoms with Crippen LogP contribution >= 0.6 is 0 Å². The average Bonchev–Trinajstić information content (AvgIpc) is 3.50. The van der Waals surface area contributed by atoms with Crippen molar-refractivity contribution in [3.05, 3.63) is 51.1 Å². The standard InChI is InChI=1S/C25H34N6O2/c1-17-10-11-18(2)24-22(17)13-19(25(32)26-24)14-30(20-7-4-3-5-8-20)16-23-27-28-29-31(23)15-21-9-6-12-33-21/h10-11,13,20-21H,3-9,12,14-16H2,1-2H3,(H,26,32)/t21-/m0/s1. The number of rotatable bonds is 7. The van der Waals surface area contributed by atoms with Crippen molar-refractivity contribution in [2.24, 2.45) is 0 Å². The van der Waals surface area contributed by atoms with Gasteiger partial charge in [0.1, 0.15) is 0 Å². The van der Waals surface area contributed by atoms with Crippen LogP contribution in [-0.2, 0) is 24.4 Å². The second-order valence-corrected chi connectivity index (χ2v) is 9.72. The highest BCUT2D eigenvalue weighted by molar-refractivity contribution is 5.85. The summed E-state index contributed by atoms with van der Waals surface area (Å²) in [7, 11) is 0. The lowest BCUT2D eigenvalue weighted by Gasteiger charge is -2.34. The van der Waals surface area contributed by atoms with Crippen molar-refractivity contribution in [2.45, 2.75) is 90.6 Å². The summed E-state index contributed by atoms with van der Waals surface area (Å²) in [5.41, 5.74) is 4.01. The molecule has 8 nitrogen and oxygen atoms in total. The largest absolute Gasteiger partial charge is 0.376 e. The molecule has 1 aliphatic carbocycles. The van der Waals surface area contributed by atoms with Crippen LogP contribution in [-0.4, -0.2) is 48.8 Å². The molecule has 33 heavy (non-hydrogen) atoms. The molecule has 1 aromatic carbocycles. The van der Waals surface area contributed by atoms with Crippen molar-refractivity contribution < 1.29 is 4.74 Å². The van der Waals surface area contributed by atoms with Crippen molar-refractivity contribution >= 4 is 10.9 Å². The highest BCUT2D eigenvalue weighted by Gasteiger charge is 2.26. The number of hydrogen-bond donors (Lipinski definition) is 1. The fourth-order valence-electron chi connectivity index (χ4n) is 5.36. The van der Waals surface area contributed by atoms with Crippen LogP contribution in [0.3, 0.4) is 0 Å². The Hall–Kier alpha value is -2.58. The van der Waals surface area contributed by atoms with Gasteiger partial charge in [-0.3, -0.25) is 9.69 Å². The maximum absolute atomic E-state index is 13.1. The predicted molar refractivity (Wildman–Crippen MR) is 127 cm³/mol. The zero-order valence-electron chi connectivity index (χ0n) is 19.7. The monoisotopic (exact) mass is 450 g/mol. The first kappa shape index (κ1) is 22.2. The Balaban J connectivity index is 1.43. The van der Waals surface area contributed by atoms with Crippen molar-refractivity contribution in [3.8, 4) is 0 Å². The van der Waals surface area contributed by atoms with Crippen LogP contribution in [0.1, 0.15) is 67.5 Å². The van der Waals surface area contributed by atoms with Gasteiger partial charge in [0.25, 0.3) is 5.56 Å². The van der Waals surface area contributed by atoms with E-state index in [1.807, 2.05) is 11.6 Å². The number of H-pyrrole nitrogens is 1. The number of nitrogens with one attached hydrogen (secondary N) is 1. The number of aromatic nitrogens is 5. The van der Waals surface area contributed by atoms with Gasteiger partial charge >= 0.3 is 0 Å². The first-order valence-corrected chi connectivity index (χ1v) is 12.3. The molecule has 2 fully saturated rings. The zero-order valence-corrected chi connectivity index (χ0v) is 19.7. The molecule has 0 bridgehead atoms. The van der Waals surface area contributed by atoms with Gasteiger partial charge in [-0.2, -0.15) is 0 Å². The normalized spacial score (nSPS) is 19.7. The van der Waals surface area contributed by atoms with Gasteiger partial charge in [-0.1, -0.05) is 31.4 Å². The highest BCUT2D eigenvalue weighted by atomic mass is 16.5. The number of aromatic amines is 1. The quantitative estimate of drug-likeness (QED) is 0.591. The van der Waals surface area contributed by atoms with Crippen molar-refractivity contribution in [3.63, 3.8) is 0 Å². The predicted octanol–water partition coefficient (Wildman–Crippen LogP) is 3.65. The fourth-order valence-corrected chi connectivity index (χ4v) is 5.36. The second-order valence-electron chi connectivity index (χ2n) is 9.72. The molecule has 3 aromatic rings. The van der Waals surface area contributed by atoms with Crippen molar-refractivity contribution in [2.75, 3.05) is 6.61 Å². The van der Waals surface area contributed by atoms with Crippen LogP contribution in [0, 0.1) is 13.8 Å². The van der Waals surface area contributed by atoms with Crippen LogP contribution in [0.2, 0.25) is 0 Å².